The highest BCUT2D eigenvalue weighted by atomic mass is 127. The van der Waals surface area contributed by atoms with Crippen molar-refractivity contribution in [1.82, 2.24) is 0 Å². The van der Waals surface area contributed by atoms with E-state index in [0.29, 0.717) is 0 Å². The number of nitrogens with zero attached hydrogens (tertiary/aromatic N) is 1. The van der Waals surface area contributed by atoms with Crippen LogP contribution >= 0.6 is 22.9 Å². The van der Waals surface area contributed by atoms with Crippen molar-refractivity contribution in [3.63, 3.8) is 0 Å². The molecule has 0 spiro atoms. The zero-order chi connectivity index (χ0) is 6.15. The fourth-order valence-corrected chi connectivity index (χ4v) is 1.65. The number of hydrogen-bond acceptors (Lipinski definition) is 1. The highest BCUT2D eigenvalue weighted by molar-refractivity contribution is 7.15. The largest absolute Gasteiger partial charge is 1.00 e. The molecule has 0 radical (unpaired) electrons. The zero-order valence-electron chi connectivity index (χ0n) is 5.19. The minimum absolute atomic E-state index is 0. The topological polar surface area (TPSA) is 3.88 Å². The van der Waals surface area contributed by atoms with Gasteiger partial charge in [-0.1, -0.05) is 22.9 Å². The van der Waals surface area contributed by atoms with Gasteiger partial charge in [0.2, 0.25) is 5.01 Å². The van der Waals surface area contributed by atoms with Crippen molar-refractivity contribution < 1.29 is 28.5 Å². The predicted octanol–water partition coefficient (Wildman–Crippen LogP) is -1.46. The standard InChI is InChI=1S/C5H7ClNS.HI/c1-4-7(2)3-5(6)8-4;/h3H,1-2H3;1H/q+1;/p-1. The first-order valence-corrected chi connectivity index (χ1v) is 3.51. The van der Waals surface area contributed by atoms with Gasteiger partial charge in [0.25, 0.3) is 0 Å². The summed E-state index contributed by atoms with van der Waals surface area (Å²) < 4.78 is 2.86. The SMILES string of the molecule is Cc1sc(Cl)c[n+]1C.[I-]. The Bertz CT molecular complexity index is 179. The third kappa shape index (κ3) is 2.39. The van der Waals surface area contributed by atoms with Gasteiger partial charge in [-0.25, -0.2) is 0 Å². The molecular weight excluding hydrogens is 268 g/mol. The number of aromatic nitrogens is 1. The van der Waals surface area contributed by atoms with Crippen LogP contribution in [0.3, 0.4) is 0 Å². The van der Waals surface area contributed by atoms with Crippen LogP contribution in [0.5, 0.6) is 0 Å². The minimum Gasteiger partial charge on any atom is -1.00 e. The van der Waals surface area contributed by atoms with E-state index in [1.54, 1.807) is 11.3 Å². The molecule has 1 aromatic rings. The number of thiazole rings is 1. The first-order chi connectivity index (χ1) is 3.70. The number of hydrogen-bond donors (Lipinski definition) is 0. The number of rotatable bonds is 0. The van der Waals surface area contributed by atoms with Crippen molar-refractivity contribution >= 4 is 22.9 Å². The molecule has 1 heterocycles. The van der Waals surface area contributed by atoms with Gasteiger partial charge in [-0.05, 0) is 0 Å². The van der Waals surface area contributed by atoms with Crippen molar-refractivity contribution in [2.75, 3.05) is 0 Å². The summed E-state index contributed by atoms with van der Waals surface area (Å²) in [6.45, 7) is 2.04. The molecule has 0 amide bonds. The van der Waals surface area contributed by atoms with Crippen molar-refractivity contribution in [2.45, 2.75) is 6.92 Å². The fourth-order valence-electron chi connectivity index (χ4n) is 0.483. The lowest BCUT2D eigenvalue weighted by Gasteiger charge is -1.73. The van der Waals surface area contributed by atoms with Crippen molar-refractivity contribution in [3.05, 3.63) is 15.5 Å². The molecule has 0 N–H and O–H groups in total. The summed E-state index contributed by atoms with van der Waals surface area (Å²) in [5.74, 6) is 0. The molecule has 1 rings (SSSR count). The summed E-state index contributed by atoms with van der Waals surface area (Å²) in [5.41, 5.74) is 0. The van der Waals surface area contributed by atoms with Gasteiger partial charge in [0, 0.05) is 6.92 Å². The van der Waals surface area contributed by atoms with Crippen LogP contribution in [-0.4, -0.2) is 0 Å². The third-order valence-corrected chi connectivity index (χ3v) is 2.25. The normalized spacial score (nSPS) is 8.78. The van der Waals surface area contributed by atoms with E-state index in [0.717, 1.165) is 4.34 Å². The molecule has 4 heteroatoms. The summed E-state index contributed by atoms with van der Waals surface area (Å²) >= 11 is 7.26. The van der Waals surface area contributed by atoms with Crippen LogP contribution < -0.4 is 28.5 Å². The molecule has 0 saturated carbocycles. The maximum atomic E-state index is 5.66. The van der Waals surface area contributed by atoms with Gasteiger partial charge in [0.05, 0.1) is 0 Å². The van der Waals surface area contributed by atoms with Crippen LogP contribution in [0.1, 0.15) is 5.01 Å². The lowest BCUT2D eigenvalue weighted by Crippen LogP contribution is -3.00. The van der Waals surface area contributed by atoms with Crippen LogP contribution in [0.15, 0.2) is 6.20 Å². The van der Waals surface area contributed by atoms with Gasteiger partial charge in [-0.3, -0.25) is 0 Å². The summed E-state index contributed by atoms with van der Waals surface area (Å²) in [6.07, 6.45) is 1.90. The molecular formula is C5H7ClINS. The summed E-state index contributed by atoms with van der Waals surface area (Å²) in [5, 5.41) is 1.23. The molecule has 0 unspecified atom stereocenters. The Labute approximate surface area is 80.7 Å². The van der Waals surface area contributed by atoms with E-state index in [9.17, 15) is 0 Å². The van der Waals surface area contributed by atoms with Gasteiger partial charge in [-0.15, -0.1) is 0 Å². The Morgan fingerprint density at radius 2 is 2.22 bits per heavy atom. The number of halogens is 2. The van der Waals surface area contributed by atoms with E-state index in [1.165, 1.54) is 5.01 Å². The second-order valence-electron chi connectivity index (χ2n) is 1.67. The molecule has 9 heavy (non-hydrogen) atoms. The molecule has 0 fully saturated rings. The Kier molecular flexibility index (Phi) is 4.00. The molecule has 0 bridgehead atoms. The van der Waals surface area contributed by atoms with Crippen LogP contribution in [0.2, 0.25) is 4.34 Å². The highest BCUT2D eigenvalue weighted by Crippen LogP contribution is 2.14. The molecule has 1 nitrogen and oxygen atoms in total. The van der Waals surface area contributed by atoms with Crippen molar-refractivity contribution in [1.29, 1.82) is 0 Å². The quantitative estimate of drug-likeness (QED) is 0.402. The van der Waals surface area contributed by atoms with E-state index in [4.69, 9.17) is 11.6 Å². The molecule has 0 aliphatic carbocycles. The molecule has 0 aromatic carbocycles. The van der Waals surface area contributed by atoms with Crippen LogP contribution in [0, 0.1) is 6.92 Å². The molecule has 1 aromatic heterocycles. The molecule has 0 atom stereocenters. The third-order valence-electron chi connectivity index (χ3n) is 1.04. The predicted molar refractivity (Wildman–Crippen MR) is 35.2 cm³/mol. The average Bonchev–Trinajstić information content (AvgIpc) is 1.85. The van der Waals surface area contributed by atoms with Crippen LogP contribution in [0.25, 0.3) is 0 Å². The molecule has 0 saturated heterocycles. The van der Waals surface area contributed by atoms with Crippen LogP contribution in [-0.2, 0) is 7.05 Å². The molecule has 0 aliphatic rings. The fraction of sp³-hybridized carbons (Fsp3) is 0.400. The maximum absolute atomic E-state index is 5.66. The van der Waals surface area contributed by atoms with Gasteiger partial charge in [0.15, 0.2) is 10.5 Å². The summed E-state index contributed by atoms with van der Waals surface area (Å²) in [6, 6.07) is 0. The monoisotopic (exact) mass is 275 g/mol. The first kappa shape index (κ1) is 9.65. The second-order valence-corrected chi connectivity index (χ2v) is 3.53. The van der Waals surface area contributed by atoms with Gasteiger partial charge >= 0.3 is 0 Å². The lowest BCUT2D eigenvalue weighted by atomic mass is 10.8. The van der Waals surface area contributed by atoms with Crippen LogP contribution in [0.4, 0.5) is 0 Å². The highest BCUT2D eigenvalue weighted by Gasteiger charge is 2.04. The van der Waals surface area contributed by atoms with Gasteiger partial charge in [-0.2, -0.15) is 4.57 Å². The molecule has 0 aliphatic heterocycles. The van der Waals surface area contributed by atoms with Gasteiger partial charge < -0.3 is 24.0 Å². The number of aryl methyl sites for hydroxylation is 2. The maximum Gasteiger partial charge on any atom is 0.235 e. The minimum atomic E-state index is 0. The van der Waals surface area contributed by atoms with Crippen molar-refractivity contribution in [2.24, 2.45) is 7.05 Å². The average molecular weight is 276 g/mol. The van der Waals surface area contributed by atoms with E-state index in [1.807, 2.05) is 24.7 Å². The lowest BCUT2D eigenvalue weighted by molar-refractivity contribution is -0.672. The van der Waals surface area contributed by atoms with E-state index >= 15 is 0 Å². The Balaban J connectivity index is 0.000000640. The van der Waals surface area contributed by atoms with E-state index in [-0.39, 0.29) is 24.0 Å². The van der Waals surface area contributed by atoms with Gasteiger partial charge in [0.1, 0.15) is 7.05 Å². The Morgan fingerprint density at radius 3 is 2.33 bits per heavy atom. The summed E-state index contributed by atoms with van der Waals surface area (Å²) in [4.78, 5) is 0. The molecule has 52 valence electrons. The smallest absolute Gasteiger partial charge is 0.235 e. The Hall–Kier alpha value is 0.650. The van der Waals surface area contributed by atoms with E-state index < -0.39 is 0 Å². The second kappa shape index (κ2) is 3.73. The van der Waals surface area contributed by atoms with Crippen molar-refractivity contribution in [3.8, 4) is 0 Å². The first-order valence-electron chi connectivity index (χ1n) is 2.31. The zero-order valence-corrected chi connectivity index (χ0v) is 8.92. The van der Waals surface area contributed by atoms with E-state index in [2.05, 4.69) is 0 Å². The summed E-state index contributed by atoms with van der Waals surface area (Å²) in [7, 11) is 1.98. The Morgan fingerprint density at radius 1 is 1.67 bits per heavy atom.